The quantitative estimate of drug-likeness (QED) is 0.178. The molecule has 0 aliphatic carbocycles. The summed E-state index contributed by atoms with van der Waals surface area (Å²) in [7, 11) is -1.30. The van der Waals surface area contributed by atoms with E-state index in [9.17, 15) is 0 Å². The van der Waals surface area contributed by atoms with Gasteiger partial charge in [-0.2, -0.15) is 0 Å². The normalized spacial score (nSPS) is 11.4. The fourth-order valence-corrected chi connectivity index (χ4v) is 9.38. The Labute approximate surface area is 178 Å². The Balaban J connectivity index is 4.96. The molecule has 0 atom stereocenters. The lowest BCUT2D eigenvalue weighted by Gasteiger charge is -2.33. The number of hydrogen-bond donors (Lipinski definition) is 0. The summed E-state index contributed by atoms with van der Waals surface area (Å²) < 4.78 is 0. The van der Waals surface area contributed by atoms with Crippen LogP contribution in [0.25, 0.3) is 0 Å². The van der Waals surface area contributed by atoms with E-state index in [0.717, 1.165) is 45.1 Å². The molecule has 0 unspecified atom stereocenters. The van der Waals surface area contributed by atoms with Crippen LogP contribution < -0.4 is 0 Å². The van der Waals surface area contributed by atoms with Crippen LogP contribution >= 0.6 is 48.9 Å². The molecule has 0 rings (SSSR count). The molecule has 0 spiro atoms. The largest absolute Gasteiger partial charge is 0.0900 e. The summed E-state index contributed by atoms with van der Waals surface area (Å²) in [6, 6.07) is 5.63. The van der Waals surface area contributed by atoms with Gasteiger partial charge < -0.3 is 0 Å². The first kappa shape index (κ1) is 25.6. The van der Waals surface area contributed by atoms with Gasteiger partial charge in [-0.15, -0.1) is 0 Å². The fraction of sp³-hybridized carbons (Fsp3) is 0.800. The molecule has 0 N–H and O–H groups in total. The van der Waals surface area contributed by atoms with Crippen molar-refractivity contribution < 1.29 is 0 Å². The summed E-state index contributed by atoms with van der Waals surface area (Å²) in [6.45, 7) is 8.33. The minimum absolute atomic E-state index is 1.11. The van der Waals surface area contributed by atoms with Crippen molar-refractivity contribution in [1.82, 2.24) is 0 Å². The van der Waals surface area contributed by atoms with Crippen LogP contribution in [0, 0.1) is 0 Å². The Bertz CT molecular complexity index is 371. The van der Waals surface area contributed by atoms with Gasteiger partial charge in [-0.3, -0.25) is 0 Å². The molecule has 0 aliphatic rings. The van der Waals surface area contributed by atoms with Crippen molar-refractivity contribution >= 4 is 76.4 Å². The van der Waals surface area contributed by atoms with Gasteiger partial charge in [0, 0.05) is 0 Å². The predicted octanol–water partition coefficient (Wildman–Crippen LogP) is 8.12. The number of rotatable bonds is 16. The molecule has 0 fully saturated rings. The Morgan fingerprint density at radius 1 is 0.480 bits per heavy atom. The summed E-state index contributed by atoms with van der Waals surface area (Å²) in [4.78, 5) is 4.62. The van der Waals surface area contributed by atoms with Gasteiger partial charge in [0.2, 0.25) is 0 Å². The minimum atomic E-state index is -1.30. The van der Waals surface area contributed by atoms with Gasteiger partial charge in [0.15, 0.2) is 0 Å². The zero-order valence-electron chi connectivity index (χ0n) is 16.6. The molecule has 0 saturated carbocycles. The van der Waals surface area contributed by atoms with E-state index in [4.69, 9.17) is 48.9 Å². The lowest BCUT2D eigenvalue weighted by molar-refractivity contribution is 0.831. The Hall–Kier alpha value is 0.577. The third-order valence-corrected chi connectivity index (χ3v) is 11.4. The van der Waals surface area contributed by atoms with Crippen molar-refractivity contribution in [1.29, 1.82) is 0 Å². The van der Waals surface area contributed by atoms with E-state index in [1.165, 1.54) is 49.9 Å². The maximum absolute atomic E-state index is 5.31. The molecule has 0 aliphatic heterocycles. The highest BCUT2D eigenvalue weighted by Crippen LogP contribution is 2.34. The molecule has 0 amide bonds. The first-order valence-corrected chi connectivity index (χ1v) is 14.1. The first-order chi connectivity index (χ1) is 11.7. The van der Waals surface area contributed by atoms with Crippen molar-refractivity contribution in [2.75, 3.05) is 0 Å². The second-order valence-corrected chi connectivity index (χ2v) is 15.5. The van der Waals surface area contributed by atoms with Crippen LogP contribution in [0.2, 0.25) is 24.2 Å². The van der Waals surface area contributed by atoms with E-state index in [0.29, 0.717) is 0 Å². The topological polar surface area (TPSA) is 0 Å². The molecule has 0 saturated heterocycles. The third kappa shape index (κ3) is 15.3. The van der Waals surface area contributed by atoms with E-state index < -0.39 is 8.07 Å². The van der Waals surface area contributed by atoms with Gasteiger partial charge in [-0.05, 0) is 72.8 Å². The Kier molecular flexibility index (Phi) is 14.9. The van der Waals surface area contributed by atoms with Gasteiger partial charge in [0.25, 0.3) is 0 Å². The summed E-state index contributed by atoms with van der Waals surface area (Å²) >= 11 is 21.3. The average Bonchev–Trinajstić information content (AvgIpc) is 2.45. The van der Waals surface area contributed by atoms with E-state index in [1.807, 2.05) is 0 Å². The van der Waals surface area contributed by atoms with Crippen molar-refractivity contribution in [2.24, 2.45) is 0 Å². The van der Waals surface area contributed by atoms with Crippen molar-refractivity contribution in [3.63, 3.8) is 0 Å². The highest BCUT2D eigenvalue weighted by Gasteiger charge is 2.30. The zero-order valence-corrected chi connectivity index (χ0v) is 20.9. The molecular formula is C20H36S4Si. The van der Waals surface area contributed by atoms with E-state index in [2.05, 4.69) is 27.7 Å². The molecule has 5 heteroatoms. The SMILES string of the molecule is CC(=S)CCC[Si](CCCC(C)=S)(CCCC(C)=S)CCCC(C)=S. The number of hydrogen-bond acceptors (Lipinski definition) is 4. The van der Waals surface area contributed by atoms with E-state index in [1.54, 1.807) is 0 Å². The van der Waals surface area contributed by atoms with Crippen LogP contribution in [-0.4, -0.2) is 27.5 Å². The van der Waals surface area contributed by atoms with Crippen LogP contribution in [0.5, 0.6) is 0 Å². The van der Waals surface area contributed by atoms with Crippen LogP contribution in [-0.2, 0) is 0 Å². The lowest BCUT2D eigenvalue weighted by atomic mass is 10.3. The second-order valence-electron chi connectivity index (χ2n) is 7.72. The summed E-state index contributed by atoms with van der Waals surface area (Å²) in [5.41, 5.74) is 0. The van der Waals surface area contributed by atoms with Crippen LogP contribution in [0.4, 0.5) is 0 Å². The molecule has 25 heavy (non-hydrogen) atoms. The van der Waals surface area contributed by atoms with Gasteiger partial charge in [-0.1, -0.05) is 98.7 Å². The lowest BCUT2D eigenvalue weighted by Crippen LogP contribution is -2.34. The maximum Gasteiger partial charge on any atom is 0.0536 e. The van der Waals surface area contributed by atoms with Crippen LogP contribution in [0.3, 0.4) is 0 Å². The van der Waals surface area contributed by atoms with E-state index in [-0.39, 0.29) is 0 Å². The van der Waals surface area contributed by atoms with Crippen LogP contribution in [0.15, 0.2) is 0 Å². The van der Waals surface area contributed by atoms with E-state index >= 15 is 0 Å². The second kappa shape index (κ2) is 14.6. The molecule has 0 heterocycles. The fourth-order valence-electron chi connectivity index (χ4n) is 3.60. The smallest absolute Gasteiger partial charge is 0.0536 e. The molecule has 0 aromatic heterocycles. The Morgan fingerprint density at radius 3 is 0.840 bits per heavy atom. The third-order valence-electron chi connectivity index (χ3n) is 4.94. The summed E-state index contributed by atoms with van der Waals surface area (Å²) in [6.07, 6.45) is 9.50. The standard InChI is InChI=1S/C20H36S4Si/c1-17(21)9-5-13-25(14-6-10-18(2)22,15-7-11-19(3)23)16-8-12-20(4)24/h5-16H2,1-4H3. The highest BCUT2D eigenvalue weighted by molar-refractivity contribution is 7.80. The maximum atomic E-state index is 5.31. The number of thiocarbonyl (C=S) groups is 4. The molecule has 0 bridgehead atoms. The molecule has 0 radical (unpaired) electrons. The van der Waals surface area contributed by atoms with Crippen molar-refractivity contribution in [3.05, 3.63) is 0 Å². The molecule has 0 aromatic rings. The molecule has 144 valence electrons. The zero-order chi connectivity index (χ0) is 19.3. The monoisotopic (exact) mass is 432 g/mol. The first-order valence-electron chi connectivity index (χ1n) is 9.64. The van der Waals surface area contributed by atoms with Gasteiger partial charge in [0.1, 0.15) is 0 Å². The van der Waals surface area contributed by atoms with Gasteiger partial charge in [-0.25, -0.2) is 0 Å². The van der Waals surface area contributed by atoms with Gasteiger partial charge >= 0.3 is 0 Å². The molecule has 0 nitrogen and oxygen atoms in total. The highest BCUT2D eigenvalue weighted by atomic mass is 32.1. The average molecular weight is 433 g/mol. The van der Waals surface area contributed by atoms with Crippen molar-refractivity contribution in [2.45, 2.75) is 103 Å². The summed E-state index contributed by atoms with van der Waals surface area (Å²) in [5.74, 6) is 0. The Morgan fingerprint density at radius 2 is 0.680 bits per heavy atom. The van der Waals surface area contributed by atoms with Gasteiger partial charge in [0.05, 0.1) is 8.07 Å². The van der Waals surface area contributed by atoms with Crippen LogP contribution in [0.1, 0.15) is 79.1 Å². The summed E-state index contributed by atoms with van der Waals surface area (Å²) in [5, 5.41) is 0. The minimum Gasteiger partial charge on any atom is -0.0900 e. The molecular weight excluding hydrogens is 397 g/mol. The molecule has 0 aromatic carbocycles. The predicted molar refractivity (Wildman–Crippen MR) is 135 cm³/mol. The van der Waals surface area contributed by atoms with Crippen molar-refractivity contribution in [3.8, 4) is 0 Å².